The largest absolute Gasteiger partial charge is 0.338 e. The van der Waals surface area contributed by atoms with Gasteiger partial charge in [-0.3, -0.25) is 0 Å². The summed E-state index contributed by atoms with van der Waals surface area (Å²) in [6.45, 7) is 0. The number of fused-ring (bicyclic) bond motifs is 1. The van der Waals surface area contributed by atoms with Gasteiger partial charge in [-0.05, 0) is 24.4 Å². The molecule has 6 heteroatoms. The molecule has 2 aliphatic rings. The van der Waals surface area contributed by atoms with Crippen molar-refractivity contribution in [2.45, 2.75) is 0 Å². The topological polar surface area (TPSA) is 61.5 Å². The molecule has 1 aromatic carbocycles. The van der Waals surface area contributed by atoms with Crippen LogP contribution < -0.4 is 5.32 Å². The maximum absolute atomic E-state index is 4.98. The molecule has 0 fully saturated rings. The van der Waals surface area contributed by atoms with Crippen LogP contribution in [0.3, 0.4) is 0 Å². The summed E-state index contributed by atoms with van der Waals surface area (Å²) >= 11 is 4.98. The lowest BCUT2D eigenvalue weighted by Crippen LogP contribution is -2.32. The van der Waals surface area contributed by atoms with Crippen LogP contribution in [-0.2, 0) is 0 Å². The number of para-hydroxylation sites is 1. The van der Waals surface area contributed by atoms with E-state index in [-0.39, 0.29) is 5.11 Å². The van der Waals surface area contributed by atoms with Crippen molar-refractivity contribution in [3.63, 3.8) is 0 Å². The Balaban J connectivity index is 1.92. The van der Waals surface area contributed by atoms with Gasteiger partial charge in [0, 0.05) is 5.69 Å². The lowest BCUT2D eigenvalue weighted by molar-refractivity contribution is 1.53. The first-order valence-electron chi connectivity index (χ1n) is 4.97. The standard InChI is InChI=1S/C11H7N5S/c17-11-15-9-8(12-6-13-9)10(16-11)14-7-4-2-1-3-5-7/h1-6H,(H,14,16,17). The van der Waals surface area contributed by atoms with Crippen LogP contribution in [0, 0.1) is 0 Å². The van der Waals surface area contributed by atoms with Gasteiger partial charge in [-0.2, -0.15) is 9.98 Å². The smallest absolute Gasteiger partial charge is 0.223 e. The molecule has 0 aliphatic carbocycles. The predicted molar refractivity (Wildman–Crippen MR) is 73.5 cm³/mol. The van der Waals surface area contributed by atoms with E-state index in [0.29, 0.717) is 17.4 Å². The molecular formula is C11H7N5S. The molecule has 0 atom stereocenters. The maximum atomic E-state index is 4.98. The lowest BCUT2D eigenvalue weighted by Gasteiger charge is -2.12. The second-order valence-corrected chi connectivity index (χ2v) is 3.76. The number of amidine groups is 2. The van der Waals surface area contributed by atoms with E-state index in [1.165, 1.54) is 6.34 Å². The third kappa shape index (κ3) is 1.90. The molecule has 17 heavy (non-hydrogen) atoms. The quantitative estimate of drug-likeness (QED) is 0.760. The molecule has 0 unspecified atom stereocenters. The Kier molecular flexibility index (Phi) is 2.34. The van der Waals surface area contributed by atoms with Crippen molar-refractivity contribution < 1.29 is 0 Å². The second kappa shape index (κ2) is 3.99. The highest BCUT2D eigenvalue weighted by atomic mass is 32.1. The summed E-state index contributed by atoms with van der Waals surface area (Å²) in [6.07, 6.45) is 1.45. The van der Waals surface area contributed by atoms with Gasteiger partial charge in [0.2, 0.25) is 5.11 Å². The Morgan fingerprint density at radius 2 is 1.88 bits per heavy atom. The van der Waals surface area contributed by atoms with Crippen molar-refractivity contribution in [3.05, 3.63) is 30.3 Å². The van der Waals surface area contributed by atoms with E-state index in [4.69, 9.17) is 12.2 Å². The van der Waals surface area contributed by atoms with Crippen LogP contribution in [0.5, 0.6) is 0 Å². The molecule has 82 valence electrons. The van der Waals surface area contributed by atoms with E-state index >= 15 is 0 Å². The van der Waals surface area contributed by atoms with Gasteiger partial charge in [-0.25, -0.2) is 9.98 Å². The first-order chi connectivity index (χ1) is 8.33. The van der Waals surface area contributed by atoms with Crippen LogP contribution in [0.1, 0.15) is 0 Å². The second-order valence-electron chi connectivity index (χ2n) is 3.39. The number of hydrogen-bond acceptors (Lipinski definition) is 4. The number of aliphatic imine (C=N–C) groups is 4. The van der Waals surface area contributed by atoms with Gasteiger partial charge in [-0.1, -0.05) is 18.2 Å². The summed E-state index contributed by atoms with van der Waals surface area (Å²) in [7, 11) is 0. The van der Waals surface area contributed by atoms with Gasteiger partial charge in [0.05, 0.1) is 0 Å². The number of rotatable bonds is 1. The molecule has 0 amide bonds. The fourth-order valence-corrected chi connectivity index (χ4v) is 1.70. The van der Waals surface area contributed by atoms with Crippen LogP contribution in [-0.4, -0.2) is 28.8 Å². The fourth-order valence-electron chi connectivity index (χ4n) is 1.52. The van der Waals surface area contributed by atoms with Gasteiger partial charge in [0.15, 0.2) is 17.4 Å². The third-order valence-electron chi connectivity index (χ3n) is 2.25. The van der Waals surface area contributed by atoms with Gasteiger partial charge >= 0.3 is 0 Å². The van der Waals surface area contributed by atoms with E-state index in [9.17, 15) is 0 Å². The number of nitrogens with zero attached hydrogens (tertiary/aromatic N) is 4. The fraction of sp³-hybridized carbons (Fsp3) is 0. The molecule has 2 heterocycles. The molecule has 5 nitrogen and oxygen atoms in total. The molecule has 0 radical (unpaired) electrons. The van der Waals surface area contributed by atoms with E-state index in [1.807, 2.05) is 30.3 Å². The van der Waals surface area contributed by atoms with Gasteiger partial charge in [-0.15, -0.1) is 0 Å². The Bertz CT molecular complexity index is 598. The molecule has 0 spiro atoms. The summed E-state index contributed by atoms with van der Waals surface area (Å²) < 4.78 is 0. The summed E-state index contributed by atoms with van der Waals surface area (Å²) in [5, 5.41) is 3.41. The van der Waals surface area contributed by atoms with Crippen LogP contribution in [0.4, 0.5) is 5.69 Å². The number of anilines is 1. The van der Waals surface area contributed by atoms with Crippen LogP contribution in [0.15, 0.2) is 50.3 Å². The van der Waals surface area contributed by atoms with Gasteiger partial charge in [0.25, 0.3) is 0 Å². The van der Waals surface area contributed by atoms with Crippen molar-refractivity contribution in [2.75, 3.05) is 5.32 Å². The highest BCUT2D eigenvalue weighted by Gasteiger charge is 2.23. The molecule has 2 aliphatic heterocycles. The van der Waals surface area contributed by atoms with Crippen molar-refractivity contribution in [1.29, 1.82) is 0 Å². The maximum Gasteiger partial charge on any atom is 0.223 e. The zero-order valence-corrected chi connectivity index (χ0v) is 9.48. The first kappa shape index (κ1) is 9.98. The van der Waals surface area contributed by atoms with Gasteiger partial charge in [0.1, 0.15) is 6.34 Å². The summed E-state index contributed by atoms with van der Waals surface area (Å²) in [4.78, 5) is 16.3. The molecule has 0 saturated heterocycles. The number of thiocarbonyl (C=S) groups is 1. The molecule has 1 aromatic rings. The molecule has 0 aromatic heterocycles. The minimum absolute atomic E-state index is 0.261. The average Bonchev–Trinajstić information content (AvgIpc) is 2.78. The predicted octanol–water partition coefficient (Wildman–Crippen LogP) is 1.68. The Morgan fingerprint density at radius 3 is 2.71 bits per heavy atom. The Hall–Kier alpha value is -2.21. The Morgan fingerprint density at radius 1 is 1.06 bits per heavy atom. The van der Waals surface area contributed by atoms with Crippen LogP contribution >= 0.6 is 12.2 Å². The highest BCUT2D eigenvalue weighted by molar-refractivity contribution is 7.80. The van der Waals surface area contributed by atoms with E-state index in [2.05, 4.69) is 25.3 Å². The minimum atomic E-state index is 0.261. The normalized spacial score (nSPS) is 17.2. The zero-order valence-electron chi connectivity index (χ0n) is 8.66. The number of benzene rings is 1. The molecule has 0 bridgehead atoms. The van der Waals surface area contributed by atoms with Gasteiger partial charge < -0.3 is 5.32 Å². The SMILES string of the molecule is S=C1N=C2N=CN=C2C(Nc2ccccc2)=N1. The van der Waals surface area contributed by atoms with Crippen molar-refractivity contribution in [2.24, 2.45) is 20.0 Å². The molecular weight excluding hydrogens is 234 g/mol. The van der Waals surface area contributed by atoms with E-state index < -0.39 is 0 Å². The zero-order chi connectivity index (χ0) is 11.7. The van der Waals surface area contributed by atoms with Crippen molar-refractivity contribution in [3.8, 4) is 0 Å². The minimum Gasteiger partial charge on any atom is -0.338 e. The monoisotopic (exact) mass is 241 g/mol. The third-order valence-corrected chi connectivity index (χ3v) is 2.43. The molecule has 1 N–H and O–H groups in total. The lowest BCUT2D eigenvalue weighted by atomic mass is 10.2. The van der Waals surface area contributed by atoms with E-state index in [0.717, 1.165) is 5.69 Å². The Labute approximate surface area is 103 Å². The molecule has 3 rings (SSSR count). The number of hydrogen-bond donors (Lipinski definition) is 1. The van der Waals surface area contributed by atoms with Crippen molar-refractivity contribution in [1.82, 2.24) is 0 Å². The van der Waals surface area contributed by atoms with Crippen LogP contribution in [0.25, 0.3) is 0 Å². The van der Waals surface area contributed by atoms with Crippen LogP contribution in [0.2, 0.25) is 0 Å². The number of nitrogens with one attached hydrogen (secondary N) is 1. The summed E-state index contributed by atoms with van der Waals surface area (Å²) in [6, 6.07) is 9.69. The summed E-state index contributed by atoms with van der Waals surface area (Å²) in [5.41, 5.74) is 1.55. The highest BCUT2D eigenvalue weighted by Crippen LogP contribution is 2.10. The summed E-state index contributed by atoms with van der Waals surface area (Å²) in [5.74, 6) is 1.10. The average molecular weight is 241 g/mol. The molecule has 0 saturated carbocycles. The first-order valence-corrected chi connectivity index (χ1v) is 5.38. The van der Waals surface area contributed by atoms with E-state index in [1.54, 1.807) is 0 Å². The van der Waals surface area contributed by atoms with Crippen molar-refractivity contribution >= 4 is 46.7 Å².